The summed E-state index contributed by atoms with van der Waals surface area (Å²) in [6.07, 6.45) is 3.73. The van der Waals surface area contributed by atoms with Crippen molar-refractivity contribution in [3.8, 4) is 5.69 Å². The Morgan fingerprint density at radius 3 is 2.75 bits per heavy atom. The number of benzene rings is 2. The van der Waals surface area contributed by atoms with Crippen LogP contribution in [-0.2, 0) is 4.79 Å². The standard InChI is InChI=1S/C20H20N6OS/c1-13(15-6-8-16(9-7-15)26-11-10-21-14(26)2)22-12-19(27)23-17-4-3-5-18-20(17)25-28-24-18/h3-11,13,22H,12H2,1-2H3,(H,23,27)/t13-/m0/s1. The fraction of sp³-hybridized carbons (Fsp3) is 0.200. The maximum absolute atomic E-state index is 12.3. The fourth-order valence-electron chi connectivity index (χ4n) is 3.04. The molecular formula is C20H20N6OS. The van der Waals surface area contributed by atoms with Crippen LogP contribution in [0.1, 0.15) is 24.4 Å². The third-order valence-electron chi connectivity index (χ3n) is 4.63. The Labute approximate surface area is 166 Å². The number of nitrogens with zero attached hydrogens (tertiary/aromatic N) is 4. The Balaban J connectivity index is 1.36. The molecule has 2 aromatic heterocycles. The molecular weight excluding hydrogens is 372 g/mol. The van der Waals surface area contributed by atoms with Crippen molar-refractivity contribution >= 4 is 34.4 Å². The largest absolute Gasteiger partial charge is 0.323 e. The van der Waals surface area contributed by atoms with Gasteiger partial charge in [-0.1, -0.05) is 18.2 Å². The summed E-state index contributed by atoms with van der Waals surface area (Å²) in [7, 11) is 0. The van der Waals surface area contributed by atoms with E-state index in [-0.39, 0.29) is 18.5 Å². The number of rotatable bonds is 6. The van der Waals surface area contributed by atoms with E-state index in [0.29, 0.717) is 5.69 Å². The first-order valence-corrected chi connectivity index (χ1v) is 9.69. The van der Waals surface area contributed by atoms with Gasteiger partial charge in [0.05, 0.1) is 24.0 Å². The lowest BCUT2D eigenvalue weighted by Crippen LogP contribution is -2.30. The summed E-state index contributed by atoms with van der Waals surface area (Å²) in [5.74, 6) is 0.832. The van der Waals surface area contributed by atoms with Crippen LogP contribution in [0.2, 0.25) is 0 Å². The third kappa shape index (κ3) is 3.78. The normalized spacial score (nSPS) is 12.2. The first-order valence-electron chi connectivity index (χ1n) is 8.96. The van der Waals surface area contributed by atoms with Gasteiger partial charge in [0.1, 0.15) is 16.9 Å². The lowest BCUT2D eigenvalue weighted by molar-refractivity contribution is -0.115. The summed E-state index contributed by atoms with van der Waals surface area (Å²) >= 11 is 1.14. The molecule has 1 atom stereocenters. The smallest absolute Gasteiger partial charge is 0.238 e. The number of carbonyl (C=O) groups is 1. The van der Waals surface area contributed by atoms with E-state index in [4.69, 9.17) is 0 Å². The predicted molar refractivity (Wildman–Crippen MR) is 111 cm³/mol. The molecule has 0 unspecified atom stereocenters. The highest BCUT2D eigenvalue weighted by Crippen LogP contribution is 2.21. The summed E-state index contributed by atoms with van der Waals surface area (Å²) in [6, 6.07) is 13.8. The van der Waals surface area contributed by atoms with Crippen molar-refractivity contribution in [3.63, 3.8) is 0 Å². The number of aromatic nitrogens is 4. The summed E-state index contributed by atoms with van der Waals surface area (Å²) < 4.78 is 10.5. The minimum Gasteiger partial charge on any atom is -0.323 e. The van der Waals surface area contributed by atoms with E-state index < -0.39 is 0 Å². The first kappa shape index (κ1) is 18.3. The average Bonchev–Trinajstić information content (AvgIpc) is 3.35. The molecule has 0 bridgehead atoms. The van der Waals surface area contributed by atoms with Crippen LogP contribution >= 0.6 is 11.7 Å². The van der Waals surface area contributed by atoms with Gasteiger partial charge in [-0.25, -0.2) is 4.98 Å². The highest BCUT2D eigenvalue weighted by atomic mass is 32.1. The van der Waals surface area contributed by atoms with Gasteiger partial charge in [0.25, 0.3) is 0 Å². The molecule has 2 N–H and O–H groups in total. The summed E-state index contributed by atoms with van der Waals surface area (Å²) in [5.41, 5.74) is 4.37. The molecule has 0 saturated heterocycles. The van der Waals surface area contributed by atoms with Crippen molar-refractivity contribution < 1.29 is 4.79 Å². The van der Waals surface area contributed by atoms with Crippen LogP contribution in [0.4, 0.5) is 5.69 Å². The third-order valence-corrected chi connectivity index (χ3v) is 5.17. The van der Waals surface area contributed by atoms with Crippen molar-refractivity contribution in [1.82, 2.24) is 23.6 Å². The summed E-state index contributed by atoms with van der Waals surface area (Å²) in [5, 5.41) is 6.17. The summed E-state index contributed by atoms with van der Waals surface area (Å²) in [4.78, 5) is 16.6. The van der Waals surface area contributed by atoms with Crippen LogP contribution in [0.5, 0.6) is 0 Å². The number of aryl methyl sites for hydroxylation is 1. The topological polar surface area (TPSA) is 84.7 Å². The number of fused-ring (bicyclic) bond motifs is 1. The van der Waals surface area contributed by atoms with E-state index in [2.05, 4.69) is 48.6 Å². The van der Waals surface area contributed by atoms with Gasteiger partial charge < -0.3 is 15.2 Å². The molecule has 0 aliphatic heterocycles. The number of imidazole rings is 1. The van der Waals surface area contributed by atoms with Crippen molar-refractivity contribution in [2.24, 2.45) is 0 Å². The van der Waals surface area contributed by atoms with Crippen LogP contribution in [0.15, 0.2) is 54.9 Å². The fourth-order valence-corrected chi connectivity index (χ4v) is 3.59. The van der Waals surface area contributed by atoms with Gasteiger partial charge in [0.2, 0.25) is 5.91 Å². The Bertz CT molecular complexity index is 1100. The second-order valence-corrected chi connectivity index (χ2v) is 7.05. The Kier molecular flexibility index (Phi) is 5.14. The molecule has 0 aliphatic rings. The average molecular weight is 392 g/mol. The van der Waals surface area contributed by atoms with Gasteiger partial charge in [-0.3, -0.25) is 4.79 Å². The van der Waals surface area contributed by atoms with E-state index in [1.54, 1.807) is 6.20 Å². The zero-order valence-electron chi connectivity index (χ0n) is 15.6. The number of carbonyl (C=O) groups excluding carboxylic acids is 1. The molecule has 0 fully saturated rings. The number of nitrogens with one attached hydrogen (secondary N) is 2. The quantitative estimate of drug-likeness (QED) is 0.525. The van der Waals surface area contributed by atoms with Crippen LogP contribution in [0.3, 0.4) is 0 Å². The second kappa shape index (κ2) is 7.87. The van der Waals surface area contributed by atoms with Crippen molar-refractivity contribution in [2.75, 3.05) is 11.9 Å². The monoisotopic (exact) mass is 392 g/mol. The van der Waals surface area contributed by atoms with E-state index in [9.17, 15) is 4.79 Å². The molecule has 4 aromatic rings. The first-order chi connectivity index (χ1) is 13.6. The number of anilines is 1. The molecule has 0 aliphatic carbocycles. The Hall–Kier alpha value is -3.10. The molecule has 2 heterocycles. The van der Waals surface area contributed by atoms with Gasteiger partial charge in [0.15, 0.2) is 0 Å². The van der Waals surface area contributed by atoms with Gasteiger partial charge in [-0.15, -0.1) is 0 Å². The lowest BCUT2D eigenvalue weighted by Gasteiger charge is -2.15. The number of hydrogen-bond donors (Lipinski definition) is 2. The molecule has 0 radical (unpaired) electrons. The highest BCUT2D eigenvalue weighted by molar-refractivity contribution is 7.00. The molecule has 4 rings (SSSR count). The molecule has 8 heteroatoms. The summed E-state index contributed by atoms with van der Waals surface area (Å²) in [6.45, 7) is 4.21. The molecule has 2 aromatic carbocycles. The van der Waals surface area contributed by atoms with Gasteiger partial charge in [-0.2, -0.15) is 8.75 Å². The van der Waals surface area contributed by atoms with E-state index in [1.807, 2.05) is 42.8 Å². The van der Waals surface area contributed by atoms with Crippen molar-refractivity contribution in [3.05, 3.63) is 66.2 Å². The zero-order valence-corrected chi connectivity index (χ0v) is 16.4. The van der Waals surface area contributed by atoms with Gasteiger partial charge in [0, 0.05) is 24.1 Å². The predicted octanol–water partition coefficient (Wildman–Crippen LogP) is 3.47. The molecule has 0 spiro atoms. The van der Waals surface area contributed by atoms with Crippen LogP contribution in [-0.4, -0.2) is 30.8 Å². The van der Waals surface area contributed by atoms with Crippen LogP contribution < -0.4 is 10.6 Å². The van der Waals surface area contributed by atoms with Crippen molar-refractivity contribution in [2.45, 2.75) is 19.9 Å². The van der Waals surface area contributed by atoms with Gasteiger partial charge in [-0.05, 0) is 43.7 Å². The Morgan fingerprint density at radius 2 is 2.00 bits per heavy atom. The number of hydrogen-bond acceptors (Lipinski definition) is 6. The van der Waals surface area contributed by atoms with Gasteiger partial charge >= 0.3 is 0 Å². The van der Waals surface area contributed by atoms with Crippen molar-refractivity contribution in [1.29, 1.82) is 0 Å². The maximum Gasteiger partial charge on any atom is 0.238 e. The molecule has 142 valence electrons. The Morgan fingerprint density at radius 1 is 1.18 bits per heavy atom. The number of amides is 1. The second-order valence-electron chi connectivity index (χ2n) is 6.52. The van der Waals surface area contributed by atoms with E-state index in [0.717, 1.165) is 39.8 Å². The molecule has 7 nitrogen and oxygen atoms in total. The van der Waals surface area contributed by atoms with E-state index in [1.165, 1.54) is 0 Å². The van der Waals surface area contributed by atoms with Crippen LogP contribution in [0, 0.1) is 6.92 Å². The maximum atomic E-state index is 12.3. The molecule has 0 saturated carbocycles. The highest BCUT2D eigenvalue weighted by Gasteiger charge is 2.11. The SMILES string of the molecule is Cc1nccn1-c1ccc([C@H](C)NCC(=O)Nc2cccc3nsnc23)cc1. The minimum atomic E-state index is -0.113. The zero-order chi connectivity index (χ0) is 19.5. The minimum absolute atomic E-state index is 0.0421. The molecule has 1 amide bonds. The van der Waals surface area contributed by atoms with Crippen LogP contribution in [0.25, 0.3) is 16.7 Å². The van der Waals surface area contributed by atoms with E-state index >= 15 is 0 Å². The lowest BCUT2D eigenvalue weighted by atomic mass is 10.1. The molecule has 28 heavy (non-hydrogen) atoms.